The van der Waals surface area contributed by atoms with Gasteiger partial charge in [-0.2, -0.15) is 0 Å². The molecule has 0 N–H and O–H groups in total. The van der Waals surface area contributed by atoms with Gasteiger partial charge in [-0.05, 0) is 24.3 Å². The van der Waals surface area contributed by atoms with Crippen molar-refractivity contribution < 1.29 is 19.2 Å². The molecule has 0 aromatic heterocycles. The van der Waals surface area contributed by atoms with Crippen LogP contribution in [0.5, 0.6) is 11.5 Å². The second-order valence-corrected chi connectivity index (χ2v) is 5.93. The van der Waals surface area contributed by atoms with Gasteiger partial charge in [0.25, 0.3) is 5.69 Å². The fourth-order valence-corrected chi connectivity index (χ4v) is 2.54. The number of non-ortho nitro benzene ring substituents is 1. The van der Waals surface area contributed by atoms with E-state index in [1.54, 1.807) is 24.3 Å². The highest BCUT2D eigenvalue weighted by atomic mass is 35.5. The summed E-state index contributed by atoms with van der Waals surface area (Å²) >= 11 is 5.97. The highest BCUT2D eigenvalue weighted by molar-refractivity contribution is 6.33. The van der Waals surface area contributed by atoms with Crippen LogP contribution in [-0.4, -0.2) is 10.9 Å². The number of carbonyl (C=O) groups is 1. The van der Waals surface area contributed by atoms with Gasteiger partial charge < -0.3 is 9.47 Å². The van der Waals surface area contributed by atoms with E-state index in [0.717, 1.165) is 6.07 Å². The van der Waals surface area contributed by atoms with Gasteiger partial charge in [-0.15, -0.1) is 0 Å². The topological polar surface area (TPSA) is 78.7 Å². The highest BCUT2D eigenvalue weighted by Gasteiger charge is 2.18. The van der Waals surface area contributed by atoms with Crippen molar-refractivity contribution in [3.63, 3.8) is 0 Å². The zero-order chi connectivity index (χ0) is 19.2. The summed E-state index contributed by atoms with van der Waals surface area (Å²) in [4.78, 5) is 22.6. The molecular weight excluding hydrogens is 370 g/mol. The van der Waals surface area contributed by atoms with Gasteiger partial charge in [0, 0.05) is 17.7 Å². The lowest BCUT2D eigenvalue weighted by Gasteiger charge is -2.12. The Bertz CT molecular complexity index is 975. The third-order valence-electron chi connectivity index (χ3n) is 3.68. The van der Waals surface area contributed by atoms with Gasteiger partial charge in [0.15, 0.2) is 0 Å². The minimum Gasteiger partial charge on any atom is -0.457 e. The summed E-state index contributed by atoms with van der Waals surface area (Å²) < 4.78 is 11.1. The van der Waals surface area contributed by atoms with Crippen LogP contribution in [0.4, 0.5) is 5.69 Å². The zero-order valence-corrected chi connectivity index (χ0v) is 14.8. The van der Waals surface area contributed by atoms with Crippen molar-refractivity contribution in [2.75, 3.05) is 0 Å². The van der Waals surface area contributed by atoms with E-state index in [4.69, 9.17) is 21.1 Å². The first-order chi connectivity index (χ1) is 13.0. The number of halogens is 1. The van der Waals surface area contributed by atoms with Crippen LogP contribution in [0.15, 0.2) is 72.8 Å². The Labute approximate surface area is 160 Å². The molecule has 0 saturated carbocycles. The lowest BCUT2D eigenvalue weighted by atomic mass is 10.2. The van der Waals surface area contributed by atoms with Crippen LogP contribution < -0.4 is 4.74 Å². The van der Waals surface area contributed by atoms with Crippen molar-refractivity contribution in [2.45, 2.75) is 6.61 Å². The summed E-state index contributed by atoms with van der Waals surface area (Å²) in [5.74, 6) is 0.442. The van der Waals surface area contributed by atoms with Crippen molar-refractivity contribution >= 4 is 23.3 Å². The van der Waals surface area contributed by atoms with Crippen molar-refractivity contribution in [3.8, 4) is 11.5 Å². The number of benzene rings is 3. The Hall–Kier alpha value is -3.38. The molecule has 0 amide bonds. The van der Waals surface area contributed by atoms with Crippen molar-refractivity contribution in [1.82, 2.24) is 0 Å². The number of nitrogens with zero attached hydrogens (tertiary/aromatic N) is 1. The first-order valence-corrected chi connectivity index (χ1v) is 8.34. The summed E-state index contributed by atoms with van der Waals surface area (Å²) in [5.41, 5.74) is 0.350. The van der Waals surface area contributed by atoms with Crippen molar-refractivity contribution in [1.29, 1.82) is 0 Å². The predicted octanol–water partition coefficient (Wildman–Crippen LogP) is 5.40. The summed E-state index contributed by atoms with van der Waals surface area (Å²) in [6.07, 6.45) is 0. The molecule has 6 nitrogen and oxygen atoms in total. The maximum atomic E-state index is 12.3. The van der Waals surface area contributed by atoms with Gasteiger partial charge in [0.05, 0.1) is 15.5 Å². The molecule has 0 bridgehead atoms. The number of nitro benzene ring substituents is 1. The van der Waals surface area contributed by atoms with Crippen LogP contribution in [0.25, 0.3) is 0 Å². The van der Waals surface area contributed by atoms with E-state index in [9.17, 15) is 14.9 Å². The smallest absolute Gasteiger partial charge is 0.340 e. The van der Waals surface area contributed by atoms with Crippen molar-refractivity contribution in [2.24, 2.45) is 0 Å². The maximum Gasteiger partial charge on any atom is 0.340 e. The van der Waals surface area contributed by atoms with Gasteiger partial charge in [-0.25, -0.2) is 4.79 Å². The number of nitro groups is 1. The van der Waals surface area contributed by atoms with Gasteiger partial charge in [-0.1, -0.05) is 48.0 Å². The molecule has 0 spiro atoms. The van der Waals surface area contributed by atoms with Gasteiger partial charge in [0.1, 0.15) is 18.1 Å². The largest absolute Gasteiger partial charge is 0.457 e. The Morgan fingerprint density at radius 2 is 1.70 bits per heavy atom. The maximum absolute atomic E-state index is 12.3. The van der Waals surface area contributed by atoms with Crippen LogP contribution in [0, 0.1) is 10.1 Å². The van der Waals surface area contributed by atoms with Gasteiger partial charge >= 0.3 is 5.97 Å². The molecule has 0 aliphatic carbocycles. The van der Waals surface area contributed by atoms with Crippen molar-refractivity contribution in [3.05, 3.63) is 99.1 Å². The number of hydrogen-bond acceptors (Lipinski definition) is 5. The number of rotatable bonds is 6. The SMILES string of the molecule is O=C(OCc1ccccc1Oc1ccccc1)c1cc([N+](=O)[O-])ccc1Cl. The Kier molecular flexibility index (Phi) is 5.68. The monoisotopic (exact) mass is 383 g/mol. The first-order valence-electron chi connectivity index (χ1n) is 7.96. The summed E-state index contributed by atoms with van der Waals surface area (Å²) in [5, 5.41) is 11.0. The van der Waals surface area contributed by atoms with Gasteiger partial charge in [-0.3, -0.25) is 10.1 Å². The Morgan fingerprint density at radius 1 is 1.00 bits per heavy atom. The average molecular weight is 384 g/mol. The molecule has 27 heavy (non-hydrogen) atoms. The van der Waals surface area contributed by atoms with E-state index in [1.165, 1.54) is 12.1 Å². The number of para-hydroxylation sites is 2. The molecule has 0 unspecified atom stereocenters. The lowest BCUT2D eigenvalue weighted by molar-refractivity contribution is -0.384. The third kappa shape index (κ3) is 4.62. The van der Waals surface area contributed by atoms with E-state index < -0.39 is 10.9 Å². The molecule has 0 radical (unpaired) electrons. The van der Waals surface area contributed by atoms with E-state index in [2.05, 4.69) is 0 Å². The van der Waals surface area contributed by atoms with Crippen LogP contribution in [0.2, 0.25) is 5.02 Å². The zero-order valence-electron chi connectivity index (χ0n) is 14.0. The molecule has 3 aromatic rings. The number of esters is 1. The number of carbonyl (C=O) groups excluding carboxylic acids is 1. The average Bonchev–Trinajstić information content (AvgIpc) is 2.68. The number of ether oxygens (including phenoxy) is 2. The first kappa shape index (κ1) is 18.4. The van der Waals surface area contributed by atoms with Crippen LogP contribution in [0.3, 0.4) is 0 Å². The molecule has 3 aromatic carbocycles. The normalized spacial score (nSPS) is 10.3. The van der Waals surface area contributed by atoms with Crippen LogP contribution >= 0.6 is 11.6 Å². The minimum atomic E-state index is -0.752. The second-order valence-electron chi connectivity index (χ2n) is 5.52. The summed E-state index contributed by atoms with van der Waals surface area (Å²) in [6, 6.07) is 19.9. The number of hydrogen-bond donors (Lipinski definition) is 0. The molecule has 0 aliphatic heterocycles. The van der Waals surface area contributed by atoms with E-state index in [-0.39, 0.29) is 22.9 Å². The van der Waals surface area contributed by atoms with Crippen LogP contribution in [-0.2, 0) is 11.3 Å². The highest BCUT2D eigenvalue weighted by Crippen LogP contribution is 2.27. The predicted molar refractivity (Wildman–Crippen MR) is 100 cm³/mol. The Balaban J connectivity index is 1.75. The molecule has 3 rings (SSSR count). The Morgan fingerprint density at radius 3 is 2.44 bits per heavy atom. The lowest BCUT2D eigenvalue weighted by Crippen LogP contribution is -2.07. The molecule has 0 fully saturated rings. The molecule has 7 heteroatoms. The van der Waals surface area contributed by atoms with Gasteiger partial charge in [0.2, 0.25) is 0 Å². The standard InChI is InChI=1S/C20H14ClNO5/c21-18-11-10-15(22(24)25)12-17(18)20(23)26-13-14-6-4-5-9-19(14)27-16-7-2-1-3-8-16/h1-12H,13H2. The fraction of sp³-hybridized carbons (Fsp3) is 0.0500. The summed E-state index contributed by atoms with van der Waals surface area (Å²) in [6.45, 7) is -0.0686. The van der Waals surface area contributed by atoms with Crippen LogP contribution in [0.1, 0.15) is 15.9 Å². The second kappa shape index (κ2) is 8.33. The molecule has 0 aliphatic rings. The molecule has 0 saturated heterocycles. The van der Waals surface area contributed by atoms with E-state index in [1.807, 2.05) is 30.3 Å². The van der Waals surface area contributed by atoms with E-state index >= 15 is 0 Å². The molecule has 0 atom stereocenters. The summed E-state index contributed by atoms with van der Waals surface area (Å²) in [7, 11) is 0. The molecule has 0 heterocycles. The fourth-order valence-electron chi connectivity index (χ4n) is 2.34. The molecule has 136 valence electrons. The minimum absolute atomic E-state index is 0.0627. The third-order valence-corrected chi connectivity index (χ3v) is 4.01. The van der Waals surface area contributed by atoms with E-state index in [0.29, 0.717) is 17.1 Å². The molecular formula is C20H14ClNO5. The quantitative estimate of drug-likeness (QED) is 0.323.